The van der Waals surface area contributed by atoms with E-state index >= 15 is 0 Å². The summed E-state index contributed by atoms with van der Waals surface area (Å²) in [5.41, 5.74) is 2.88. The number of carbonyl (C=O) groups is 1. The molecule has 26 heavy (non-hydrogen) atoms. The molecule has 3 aromatic rings. The molecule has 0 radical (unpaired) electrons. The lowest BCUT2D eigenvalue weighted by Crippen LogP contribution is -2.29. The average Bonchev–Trinajstić information content (AvgIpc) is 3.12. The van der Waals surface area contributed by atoms with Crippen LogP contribution in [0.4, 0.5) is 5.69 Å². The first-order chi connectivity index (χ1) is 12.5. The summed E-state index contributed by atoms with van der Waals surface area (Å²) in [4.78, 5) is 27.4. The summed E-state index contributed by atoms with van der Waals surface area (Å²) in [6.07, 6.45) is 3.32. The molecule has 134 valence electrons. The van der Waals surface area contributed by atoms with E-state index in [4.69, 9.17) is 0 Å². The van der Waals surface area contributed by atoms with Gasteiger partial charge >= 0.3 is 0 Å². The van der Waals surface area contributed by atoms with Gasteiger partial charge in [-0.05, 0) is 43.7 Å². The van der Waals surface area contributed by atoms with Crippen molar-refractivity contribution in [3.05, 3.63) is 53.7 Å². The fourth-order valence-electron chi connectivity index (χ4n) is 2.51. The van der Waals surface area contributed by atoms with Crippen molar-refractivity contribution in [1.29, 1.82) is 0 Å². The first-order valence-corrected chi connectivity index (χ1v) is 8.24. The monoisotopic (exact) mass is 351 g/mol. The SMILES string of the molecule is Cc1ccnc(-c2n[nH]c(C(C)NC(=O)c3ncccc3N(C)C)n2)c1. The first-order valence-electron chi connectivity index (χ1n) is 8.24. The molecular weight excluding hydrogens is 330 g/mol. The molecule has 1 amide bonds. The van der Waals surface area contributed by atoms with Crippen LogP contribution < -0.4 is 10.2 Å². The Kier molecular flexibility index (Phi) is 4.92. The molecule has 0 bridgehead atoms. The fourth-order valence-corrected chi connectivity index (χ4v) is 2.51. The van der Waals surface area contributed by atoms with E-state index in [0.29, 0.717) is 23.0 Å². The van der Waals surface area contributed by atoms with Crippen LogP contribution in [0.15, 0.2) is 36.7 Å². The predicted molar refractivity (Wildman–Crippen MR) is 98.8 cm³/mol. The Labute approximate surface area is 151 Å². The number of hydrogen-bond donors (Lipinski definition) is 2. The van der Waals surface area contributed by atoms with Gasteiger partial charge in [0.25, 0.3) is 5.91 Å². The van der Waals surface area contributed by atoms with Crippen molar-refractivity contribution in [3.8, 4) is 11.5 Å². The molecule has 0 fully saturated rings. The van der Waals surface area contributed by atoms with Crippen molar-refractivity contribution in [2.75, 3.05) is 19.0 Å². The lowest BCUT2D eigenvalue weighted by Gasteiger charge is -2.17. The van der Waals surface area contributed by atoms with Gasteiger partial charge in [-0.15, -0.1) is 0 Å². The molecule has 0 aliphatic carbocycles. The number of aromatic nitrogens is 5. The van der Waals surface area contributed by atoms with E-state index in [1.165, 1.54) is 0 Å². The summed E-state index contributed by atoms with van der Waals surface area (Å²) < 4.78 is 0. The summed E-state index contributed by atoms with van der Waals surface area (Å²) in [5.74, 6) is 0.782. The number of amides is 1. The molecule has 0 saturated carbocycles. The van der Waals surface area contributed by atoms with Gasteiger partial charge < -0.3 is 10.2 Å². The van der Waals surface area contributed by atoms with Crippen LogP contribution in [0.25, 0.3) is 11.5 Å². The summed E-state index contributed by atoms with van der Waals surface area (Å²) in [6, 6.07) is 7.11. The van der Waals surface area contributed by atoms with Gasteiger partial charge in [-0.2, -0.15) is 5.10 Å². The van der Waals surface area contributed by atoms with E-state index in [-0.39, 0.29) is 11.9 Å². The summed E-state index contributed by atoms with van der Waals surface area (Å²) in [7, 11) is 3.74. The lowest BCUT2D eigenvalue weighted by molar-refractivity contribution is 0.0934. The van der Waals surface area contributed by atoms with Crippen molar-refractivity contribution in [3.63, 3.8) is 0 Å². The number of pyridine rings is 2. The lowest BCUT2D eigenvalue weighted by atomic mass is 10.2. The number of carbonyl (C=O) groups excluding carboxylic acids is 1. The molecule has 3 rings (SSSR count). The van der Waals surface area contributed by atoms with Crippen LogP contribution in [0.2, 0.25) is 0 Å². The van der Waals surface area contributed by atoms with Crippen LogP contribution in [0.1, 0.15) is 34.8 Å². The highest BCUT2D eigenvalue weighted by Crippen LogP contribution is 2.18. The van der Waals surface area contributed by atoms with Gasteiger partial charge in [0, 0.05) is 26.5 Å². The minimum absolute atomic E-state index is 0.270. The average molecular weight is 351 g/mol. The highest BCUT2D eigenvalue weighted by molar-refractivity contribution is 5.97. The van der Waals surface area contributed by atoms with Crippen LogP contribution in [0.3, 0.4) is 0 Å². The molecule has 0 aliphatic rings. The third-order valence-corrected chi connectivity index (χ3v) is 3.89. The van der Waals surface area contributed by atoms with Gasteiger partial charge in [-0.1, -0.05) is 0 Å². The number of hydrogen-bond acceptors (Lipinski definition) is 6. The molecule has 0 aromatic carbocycles. The largest absolute Gasteiger partial charge is 0.376 e. The number of aryl methyl sites for hydroxylation is 1. The van der Waals surface area contributed by atoms with Crippen molar-refractivity contribution in [1.82, 2.24) is 30.5 Å². The van der Waals surface area contributed by atoms with Crippen LogP contribution >= 0.6 is 0 Å². The minimum Gasteiger partial charge on any atom is -0.376 e. The summed E-state index contributed by atoms with van der Waals surface area (Å²) in [5, 5.41) is 9.97. The summed E-state index contributed by atoms with van der Waals surface area (Å²) in [6.45, 7) is 3.82. The minimum atomic E-state index is -0.356. The fraction of sp³-hybridized carbons (Fsp3) is 0.278. The zero-order valence-electron chi connectivity index (χ0n) is 15.2. The van der Waals surface area contributed by atoms with Crippen molar-refractivity contribution < 1.29 is 4.79 Å². The Morgan fingerprint density at radius 3 is 2.77 bits per heavy atom. The zero-order valence-corrected chi connectivity index (χ0v) is 15.2. The van der Waals surface area contributed by atoms with E-state index in [1.807, 2.05) is 51.0 Å². The molecule has 1 atom stereocenters. The van der Waals surface area contributed by atoms with Crippen LogP contribution in [-0.2, 0) is 0 Å². The molecule has 3 aromatic heterocycles. The Morgan fingerprint density at radius 2 is 2.04 bits per heavy atom. The van der Waals surface area contributed by atoms with Crippen molar-refractivity contribution >= 4 is 11.6 Å². The van der Waals surface area contributed by atoms with E-state index in [0.717, 1.165) is 11.3 Å². The van der Waals surface area contributed by atoms with Gasteiger partial charge in [-0.25, -0.2) is 9.97 Å². The molecule has 0 saturated heterocycles. The number of aromatic amines is 1. The topological polar surface area (TPSA) is 99.7 Å². The molecular formula is C18H21N7O. The maximum Gasteiger partial charge on any atom is 0.272 e. The molecule has 8 nitrogen and oxygen atoms in total. The Morgan fingerprint density at radius 1 is 1.23 bits per heavy atom. The first kappa shape index (κ1) is 17.5. The van der Waals surface area contributed by atoms with E-state index < -0.39 is 0 Å². The quantitative estimate of drug-likeness (QED) is 0.730. The number of anilines is 1. The third-order valence-electron chi connectivity index (χ3n) is 3.89. The van der Waals surface area contributed by atoms with Crippen LogP contribution in [0.5, 0.6) is 0 Å². The summed E-state index contributed by atoms with van der Waals surface area (Å²) >= 11 is 0. The van der Waals surface area contributed by atoms with E-state index in [9.17, 15) is 4.79 Å². The van der Waals surface area contributed by atoms with Crippen molar-refractivity contribution in [2.45, 2.75) is 19.9 Å². The smallest absolute Gasteiger partial charge is 0.272 e. The second kappa shape index (κ2) is 7.30. The molecule has 8 heteroatoms. The molecule has 1 unspecified atom stereocenters. The number of nitrogens with one attached hydrogen (secondary N) is 2. The maximum absolute atomic E-state index is 12.6. The Balaban J connectivity index is 1.77. The Bertz CT molecular complexity index is 919. The van der Waals surface area contributed by atoms with Gasteiger partial charge in [0.05, 0.1) is 11.7 Å². The number of H-pyrrole nitrogens is 1. The van der Waals surface area contributed by atoms with Gasteiger partial charge in [0.2, 0.25) is 0 Å². The zero-order chi connectivity index (χ0) is 18.7. The predicted octanol–water partition coefficient (Wildman–Crippen LogP) is 2.13. The molecule has 3 heterocycles. The van der Waals surface area contributed by atoms with Gasteiger partial charge in [0.1, 0.15) is 11.5 Å². The maximum atomic E-state index is 12.6. The van der Waals surface area contributed by atoms with Crippen LogP contribution in [-0.4, -0.2) is 45.2 Å². The third kappa shape index (κ3) is 3.69. The number of rotatable bonds is 5. The van der Waals surface area contributed by atoms with Crippen LogP contribution in [0, 0.1) is 6.92 Å². The van der Waals surface area contributed by atoms with Gasteiger partial charge in [-0.3, -0.25) is 14.9 Å². The van der Waals surface area contributed by atoms with E-state index in [2.05, 4.69) is 30.5 Å². The molecule has 2 N–H and O–H groups in total. The highest BCUT2D eigenvalue weighted by atomic mass is 16.2. The normalized spacial score (nSPS) is 11.8. The van der Waals surface area contributed by atoms with Gasteiger partial charge in [0.15, 0.2) is 11.5 Å². The standard InChI is InChI=1S/C18H21N7O/c1-11-7-9-19-13(10-11)17-22-16(23-24-17)12(2)21-18(26)15-14(25(3)4)6-5-8-20-15/h5-10,12H,1-4H3,(H,21,26)(H,22,23,24). The van der Waals surface area contributed by atoms with E-state index in [1.54, 1.807) is 18.5 Å². The second-order valence-electron chi connectivity index (χ2n) is 6.22. The number of nitrogens with zero attached hydrogens (tertiary/aromatic N) is 5. The highest BCUT2D eigenvalue weighted by Gasteiger charge is 2.19. The Hall–Kier alpha value is -3.29. The molecule has 0 spiro atoms. The molecule has 0 aliphatic heterocycles. The second-order valence-corrected chi connectivity index (χ2v) is 6.22. The van der Waals surface area contributed by atoms with Crippen molar-refractivity contribution in [2.24, 2.45) is 0 Å².